The van der Waals surface area contributed by atoms with Gasteiger partial charge in [-0.05, 0) is 56.2 Å². The first-order valence-electron chi connectivity index (χ1n) is 8.66. The van der Waals surface area contributed by atoms with Crippen molar-refractivity contribution in [1.82, 2.24) is 10.2 Å². The number of hydrogen-bond acceptors (Lipinski definition) is 2. The zero-order valence-corrected chi connectivity index (χ0v) is 13.2. The molecule has 0 radical (unpaired) electrons. The van der Waals surface area contributed by atoms with Crippen LogP contribution in [-0.4, -0.2) is 41.8 Å². The molecule has 4 rings (SSSR count). The Kier molecular flexibility index (Phi) is 3.97. The lowest BCUT2D eigenvalue weighted by Crippen LogP contribution is -2.49. The highest BCUT2D eigenvalue weighted by molar-refractivity contribution is 5.75. The molecule has 2 heterocycles. The molecule has 23 heavy (non-hydrogen) atoms. The van der Waals surface area contributed by atoms with E-state index in [0.29, 0.717) is 25.1 Å². The zero-order valence-electron chi connectivity index (χ0n) is 13.2. The average molecular weight is 318 g/mol. The zero-order chi connectivity index (χ0) is 15.8. The minimum absolute atomic E-state index is 0.0186. The first-order valence-corrected chi connectivity index (χ1v) is 8.66. The summed E-state index contributed by atoms with van der Waals surface area (Å²) in [5.41, 5.74) is 0.937. The molecule has 0 aromatic heterocycles. The summed E-state index contributed by atoms with van der Waals surface area (Å²) in [7, 11) is 0. The fourth-order valence-corrected chi connectivity index (χ4v) is 3.81. The predicted molar refractivity (Wildman–Crippen MR) is 84.7 cm³/mol. The van der Waals surface area contributed by atoms with E-state index in [9.17, 15) is 9.18 Å². The maximum atomic E-state index is 13.3. The van der Waals surface area contributed by atoms with Crippen LogP contribution >= 0.6 is 0 Å². The number of halogens is 1. The molecule has 2 aliphatic heterocycles. The van der Waals surface area contributed by atoms with Crippen LogP contribution in [0, 0.1) is 5.82 Å². The molecule has 4 nitrogen and oxygen atoms in total. The first kappa shape index (κ1) is 14.9. The number of urea groups is 1. The van der Waals surface area contributed by atoms with Crippen molar-refractivity contribution in [3.63, 3.8) is 0 Å². The Morgan fingerprint density at radius 2 is 2.17 bits per heavy atom. The van der Waals surface area contributed by atoms with Crippen molar-refractivity contribution in [2.45, 2.75) is 62.8 Å². The minimum atomic E-state index is -0.218. The minimum Gasteiger partial charge on any atom is -0.373 e. The van der Waals surface area contributed by atoms with Gasteiger partial charge in [-0.15, -0.1) is 0 Å². The second-order valence-corrected chi connectivity index (χ2v) is 6.97. The number of carbonyl (C=O) groups is 1. The average Bonchev–Trinajstić information content (AvgIpc) is 3.15. The van der Waals surface area contributed by atoms with E-state index in [1.165, 1.54) is 6.07 Å². The lowest BCUT2D eigenvalue weighted by Gasteiger charge is -2.27. The number of nitrogens with one attached hydrogen (secondary N) is 1. The van der Waals surface area contributed by atoms with Crippen molar-refractivity contribution in [3.8, 4) is 0 Å². The Balaban J connectivity index is 1.35. The van der Waals surface area contributed by atoms with Gasteiger partial charge in [0.2, 0.25) is 0 Å². The summed E-state index contributed by atoms with van der Waals surface area (Å²) in [5, 5.41) is 3.17. The molecule has 1 aromatic rings. The van der Waals surface area contributed by atoms with Gasteiger partial charge in [0.15, 0.2) is 0 Å². The van der Waals surface area contributed by atoms with Gasteiger partial charge in [-0.1, -0.05) is 12.1 Å². The van der Waals surface area contributed by atoms with Crippen molar-refractivity contribution in [2.24, 2.45) is 0 Å². The first-order chi connectivity index (χ1) is 11.2. The molecule has 2 bridgehead atoms. The standard InChI is InChI=1S/C18H23FN2O2/c19-13-3-1-2-12(10-13)8-9-21(14-4-5-14)18(22)20-16-11-15-6-7-17(16)23-15/h1-3,10,14-17H,4-9,11H2,(H,20,22)/t15-,16+,17-/m1/s1. The number of carbonyl (C=O) groups excluding carboxylic acids is 1. The summed E-state index contributed by atoms with van der Waals surface area (Å²) in [4.78, 5) is 14.6. The second-order valence-electron chi connectivity index (χ2n) is 6.97. The Hall–Kier alpha value is -1.62. The highest BCUT2D eigenvalue weighted by Crippen LogP contribution is 2.35. The smallest absolute Gasteiger partial charge is 0.317 e. The van der Waals surface area contributed by atoms with E-state index in [1.54, 1.807) is 12.1 Å². The van der Waals surface area contributed by atoms with Crippen LogP contribution < -0.4 is 5.32 Å². The summed E-state index contributed by atoms with van der Waals surface area (Å²) in [6.45, 7) is 0.641. The maximum Gasteiger partial charge on any atom is 0.317 e. The molecule has 2 amide bonds. The lowest BCUT2D eigenvalue weighted by atomic mass is 9.96. The van der Waals surface area contributed by atoms with Crippen LogP contribution in [0.2, 0.25) is 0 Å². The van der Waals surface area contributed by atoms with Gasteiger partial charge < -0.3 is 15.0 Å². The van der Waals surface area contributed by atoms with Gasteiger partial charge in [0, 0.05) is 12.6 Å². The predicted octanol–water partition coefficient (Wildman–Crippen LogP) is 2.86. The Morgan fingerprint density at radius 3 is 2.83 bits per heavy atom. The van der Waals surface area contributed by atoms with Gasteiger partial charge in [-0.3, -0.25) is 0 Å². The van der Waals surface area contributed by atoms with E-state index < -0.39 is 0 Å². The molecule has 2 saturated heterocycles. The van der Waals surface area contributed by atoms with Crippen molar-refractivity contribution < 1.29 is 13.9 Å². The molecule has 1 N–H and O–H groups in total. The molecule has 3 fully saturated rings. The van der Waals surface area contributed by atoms with Crippen LogP contribution in [0.15, 0.2) is 24.3 Å². The highest BCUT2D eigenvalue weighted by atomic mass is 19.1. The van der Waals surface area contributed by atoms with Gasteiger partial charge in [0.05, 0.1) is 18.2 Å². The van der Waals surface area contributed by atoms with Crippen molar-refractivity contribution in [1.29, 1.82) is 0 Å². The van der Waals surface area contributed by atoms with Crippen LogP contribution in [0.1, 0.15) is 37.7 Å². The molecule has 0 unspecified atom stereocenters. The topological polar surface area (TPSA) is 41.6 Å². The quantitative estimate of drug-likeness (QED) is 0.907. The van der Waals surface area contributed by atoms with Gasteiger partial charge in [0.1, 0.15) is 5.82 Å². The van der Waals surface area contributed by atoms with E-state index in [-0.39, 0.29) is 24.0 Å². The van der Waals surface area contributed by atoms with E-state index in [4.69, 9.17) is 4.74 Å². The van der Waals surface area contributed by atoms with Crippen LogP contribution in [0.5, 0.6) is 0 Å². The fourth-order valence-electron chi connectivity index (χ4n) is 3.81. The van der Waals surface area contributed by atoms with Crippen LogP contribution in [0.3, 0.4) is 0 Å². The number of amides is 2. The Bertz CT molecular complexity index is 590. The number of rotatable bonds is 5. The number of hydrogen-bond donors (Lipinski definition) is 1. The van der Waals surface area contributed by atoms with Crippen molar-refractivity contribution in [2.75, 3.05) is 6.54 Å². The normalized spacial score (nSPS) is 28.8. The van der Waals surface area contributed by atoms with Gasteiger partial charge >= 0.3 is 6.03 Å². The molecule has 1 saturated carbocycles. The number of fused-ring (bicyclic) bond motifs is 2. The third-order valence-corrected chi connectivity index (χ3v) is 5.19. The Morgan fingerprint density at radius 1 is 1.30 bits per heavy atom. The molecule has 1 aliphatic carbocycles. The number of nitrogens with zero attached hydrogens (tertiary/aromatic N) is 1. The molecule has 0 spiro atoms. The largest absolute Gasteiger partial charge is 0.373 e. The third-order valence-electron chi connectivity index (χ3n) is 5.19. The highest BCUT2D eigenvalue weighted by Gasteiger charge is 2.42. The van der Waals surface area contributed by atoms with E-state index >= 15 is 0 Å². The number of ether oxygens (including phenoxy) is 1. The summed E-state index contributed by atoms with van der Waals surface area (Å²) in [6.07, 6.45) is 6.51. The van der Waals surface area contributed by atoms with Gasteiger partial charge in [0.25, 0.3) is 0 Å². The molecule has 124 valence electrons. The molecule has 1 aromatic carbocycles. The molecule has 5 heteroatoms. The Labute approximate surface area is 136 Å². The molecule has 3 atom stereocenters. The fraction of sp³-hybridized carbons (Fsp3) is 0.611. The summed E-state index contributed by atoms with van der Waals surface area (Å²) >= 11 is 0. The molecular weight excluding hydrogens is 295 g/mol. The van der Waals surface area contributed by atoms with Crippen LogP contribution in [0.25, 0.3) is 0 Å². The maximum absolute atomic E-state index is 13.3. The SMILES string of the molecule is O=C(N[C@H]1C[C@H]2CC[C@H]1O2)N(CCc1cccc(F)c1)C1CC1. The summed E-state index contributed by atoms with van der Waals surface area (Å²) < 4.78 is 19.1. The van der Waals surface area contributed by atoms with E-state index in [2.05, 4.69) is 5.32 Å². The monoisotopic (exact) mass is 318 g/mol. The van der Waals surface area contributed by atoms with E-state index in [1.807, 2.05) is 11.0 Å². The lowest BCUT2D eigenvalue weighted by molar-refractivity contribution is 0.0969. The molecule has 3 aliphatic rings. The summed E-state index contributed by atoms with van der Waals surface area (Å²) in [5.74, 6) is -0.218. The second kappa shape index (κ2) is 6.11. The molecular formula is C18H23FN2O2. The summed E-state index contributed by atoms with van der Waals surface area (Å²) in [6, 6.07) is 7.16. The van der Waals surface area contributed by atoms with Gasteiger partial charge in [-0.2, -0.15) is 0 Å². The third kappa shape index (κ3) is 3.34. The van der Waals surface area contributed by atoms with Crippen LogP contribution in [-0.2, 0) is 11.2 Å². The van der Waals surface area contributed by atoms with Crippen molar-refractivity contribution in [3.05, 3.63) is 35.6 Å². The van der Waals surface area contributed by atoms with Crippen LogP contribution in [0.4, 0.5) is 9.18 Å². The van der Waals surface area contributed by atoms with E-state index in [0.717, 1.165) is 37.7 Å². The van der Waals surface area contributed by atoms with Crippen molar-refractivity contribution >= 4 is 6.03 Å². The number of benzene rings is 1. The van der Waals surface area contributed by atoms with Gasteiger partial charge in [-0.25, -0.2) is 9.18 Å².